The van der Waals surface area contributed by atoms with Crippen LogP contribution in [0.2, 0.25) is 0 Å². The predicted molar refractivity (Wildman–Crippen MR) is 152 cm³/mol. The highest BCUT2D eigenvalue weighted by atomic mass is 16.5. The van der Waals surface area contributed by atoms with E-state index in [2.05, 4.69) is 34.9 Å². The summed E-state index contributed by atoms with van der Waals surface area (Å²) in [6.45, 7) is 3.96. The zero-order valence-corrected chi connectivity index (χ0v) is 22.8. The molecule has 3 unspecified atom stereocenters. The molecule has 40 heavy (non-hydrogen) atoms. The van der Waals surface area contributed by atoms with Gasteiger partial charge >= 0.3 is 12.1 Å². The molecule has 0 fully saturated rings. The number of amides is 2. The van der Waals surface area contributed by atoms with Crippen molar-refractivity contribution in [3.05, 3.63) is 95.6 Å². The second kappa shape index (κ2) is 13.8. The van der Waals surface area contributed by atoms with Crippen LogP contribution in [0.5, 0.6) is 0 Å². The predicted octanol–water partition coefficient (Wildman–Crippen LogP) is 5.26. The lowest BCUT2D eigenvalue weighted by atomic mass is 9.98. The second-order valence-electron chi connectivity index (χ2n) is 10.1. The maximum absolute atomic E-state index is 12.5. The number of benzene rings is 3. The monoisotopic (exact) mass is 544 g/mol. The molecule has 0 bridgehead atoms. The van der Waals surface area contributed by atoms with E-state index in [-0.39, 0.29) is 37.5 Å². The number of hydrogen-bond donors (Lipinski definition) is 3. The van der Waals surface area contributed by atoms with Gasteiger partial charge in [-0.05, 0) is 54.5 Å². The van der Waals surface area contributed by atoms with Crippen molar-refractivity contribution in [1.82, 2.24) is 10.6 Å². The molecule has 0 spiro atoms. The summed E-state index contributed by atoms with van der Waals surface area (Å²) >= 11 is 0. The van der Waals surface area contributed by atoms with Crippen LogP contribution < -0.4 is 10.6 Å². The van der Waals surface area contributed by atoms with Crippen molar-refractivity contribution in [2.75, 3.05) is 6.61 Å². The normalized spacial score (nSPS) is 14.3. The number of hydrogen-bond acceptors (Lipinski definition) is 5. The maximum atomic E-state index is 12.5. The first-order valence-electron chi connectivity index (χ1n) is 13.6. The molecule has 8 heteroatoms. The van der Waals surface area contributed by atoms with Crippen molar-refractivity contribution in [2.24, 2.45) is 0 Å². The van der Waals surface area contributed by atoms with Crippen LogP contribution in [0, 0.1) is 0 Å². The van der Waals surface area contributed by atoms with Crippen molar-refractivity contribution >= 4 is 18.0 Å². The van der Waals surface area contributed by atoms with E-state index in [1.54, 1.807) is 6.92 Å². The molecule has 3 atom stereocenters. The molecule has 0 aliphatic heterocycles. The van der Waals surface area contributed by atoms with Crippen molar-refractivity contribution < 1.29 is 29.0 Å². The Morgan fingerprint density at radius 2 is 1.45 bits per heavy atom. The molecule has 0 saturated carbocycles. The Hall–Kier alpha value is -4.17. The first-order valence-corrected chi connectivity index (χ1v) is 13.6. The molecule has 0 radical (unpaired) electrons. The lowest BCUT2D eigenvalue weighted by Gasteiger charge is -2.22. The molecule has 1 aliphatic rings. The number of fused-ring (bicyclic) bond motifs is 3. The Morgan fingerprint density at radius 1 is 0.850 bits per heavy atom. The lowest BCUT2D eigenvalue weighted by Crippen LogP contribution is -2.48. The summed E-state index contributed by atoms with van der Waals surface area (Å²) < 4.78 is 11.3. The van der Waals surface area contributed by atoms with E-state index < -0.39 is 24.2 Å². The van der Waals surface area contributed by atoms with Gasteiger partial charge < -0.3 is 25.2 Å². The van der Waals surface area contributed by atoms with Crippen molar-refractivity contribution in [2.45, 2.75) is 63.8 Å². The Kier molecular flexibility index (Phi) is 9.91. The fraction of sp³-hybridized carbons (Fsp3) is 0.344. The number of aliphatic carboxylic acids is 1. The zero-order chi connectivity index (χ0) is 28.5. The van der Waals surface area contributed by atoms with E-state index in [4.69, 9.17) is 9.47 Å². The average molecular weight is 545 g/mol. The third-order valence-electron chi connectivity index (χ3n) is 7.16. The molecule has 210 valence electrons. The summed E-state index contributed by atoms with van der Waals surface area (Å²) in [6, 6.07) is 24.4. The minimum absolute atomic E-state index is 0.0154. The lowest BCUT2D eigenvalue weighted by molar-refractivity contribution is -0.146. The molecule has 8 nitrogen and oxygen atoms in total. The molecule has 3 aromatic rings. The number of carbonyl (C=O) groups is 3. The molecule has 4 rings (SSSR count). The van der Waals surface area contributed by atoms with E-state index >= 15 is 0 Å². The molecule has 0 heterocycles. The van der Waals surface area contributed by atoms with Crippen LogP contribution in [0.15, 0.2) is 78.9 Å². The highest BCUT2D eigenvalue weighted by molar-refractivity contribution is 5.84. The van der Waals surface area contributed by atoms with Gasteiger partial charge in [0.1, 0.15) is 6.61 Å². The van der Waals surface area contributed by atoms with Gasteiger partial charge in [-0.3, -0.25) is 4.79 Å². The van der Waals surface area contributed by atoms with Crippen LogP contribution in [0.25, 0.3) is 11.1 Å². The Balaban J connectivity index is 1.17. The van der Waals surface area contributed by atoms with Crippen LogP contribution in [0.4, 0.5) is 4.79 Å². The molecule has 0 saturated heterocycles. The minimum Gasteiger partial charge on any atom is -0.480 e. The topological polar surface area (TPSA) is 114 Å². The highest BCUT2D eigenvalue weighted by Gasteiger charge is 2.29. The smallest absolute Gasteiger partial charge is 0.407 e. The first-order chi connectivity index (χ1) is 19.3. The fourth-order valence-corrected chi connectivity index (χ4v) is 5.01. The van der Waals surface area contributed by atoms with Crippen molar-refractivity contribution in [1.29, 1.82) is 0 Å². The third kappa shape index (κ3) is 7.48. The molecular formula is C32H36N2O6. The van der Waals surface area contributed by atoms with Gasteiger partial charge in [0, 0.05) is 18.4 Å². The van der Waals surface area contributed by atoms with Crippen LogP contribution in [0.1, 0.15) is 55.7 Å². The Labute approximate surface area is 234 Å². The van der Waals surface area contributed by atoms with Gasteiger partial charge in [0.05, 0.1) is 12.7 Å². The molecular weight excluding hydrogens is 508 g/mol. The van der Waals surface area contributed by atoms with E-state index in [1.165, 1.54) is 11.1 Å². The van der Waals surface area contributed by atoms with E-state index in [0.29, 0.717) is 12.8 Å². The molecule has 2 amide bonds. The van der Waals surface area contributed by atoms with Gasteiger partial charge in [-0.15, -0.1) is 0 Å². The van der Waals surface area contributed by atoms with Gasteiger partial charge in [0.25, 0.3) is 0 Å². The summed E-state index contributed by atoms with van der Waals surface area (Å²) in [5, 5.41) is 15.0. The fourth-order valence-electron chi connectivity index (χ4n) is 5.01. The largest absolute Gasteiger partial charge is 0.480 e. The van der Waals surface area contributed by atoms with Gasteiger partial charge in [-0.1, -0.05) is 78.9 Å². The molecule has 3 N–H and O–H groups in total. The summed E-state index contributed by atoms with van der Waals surface area (Å²) in [6.07, 6.45) is -0.0752. The van der Waals surface area contributed by atoms with Crippen LogP contribution in [0.3, 0.4) is 0 Å². The van der Waals surface area contributed by atoms with Crippen LogP contribution in [-0.2, 0) is 25.7 Å². The average Bonchev–Trinajstić information content (AvgIpc) is 3.27. The van der Waals surface area contributed by atoms with E-state index in [0.717, 1.165) is 16.7 Å². The molecule has 3 aromatic carbocycles. The maximum Gasteiger partial charge on any atom is 0.407 e. The molecule has 1 aliphatic carbocycles. The van der Waals surface area contributed by atoms with E-state index in [1.807, 2.05) is 61.5 Å². The van der Waals surface area contributed by atoms with Gasteiger partial charge in [0.15, 0.2) is 6.04 Å². The van der Waals surface area contributed by atoms with Crippen LogP contribution in [-0.4, -0.2) is 47.9 Å². The Morgan fingerprint density at radius 3 is 2.08 bits per heavy atom. The summed E-state index contributed by atoms with van der Waals surface area (Å²) in [7, 11) is 0. The first kappa shape index (κ1) is 28.8. The summed E-state index contributed by atoms with van der Waals surface area (Å²) in [5.41, 5.74) is 5.55. The van der Waals surface area contributed by atoms with E-state index in [9.17, 15) is 19.5 Å². The minimum atomic E-state index is -1.16. The Bertz CT molecular complexity index is 1270. The number of alkyl carbamates (subject to hydrolysis) is 1. The van der Waals surface area contributed by atoms with Gasteiger partial charge in [0.2, 0.25) is 5.91 Å². The van der Waals surface area contributed by atoms with Gasteiger partial charge in [-0.25, -0.2) is 9.59 Å². The molecule has 0 aromatic heterocycles. The van der Waals surface area contributed by atoms with Crippen LogP contribution >= 0.6 is 0 Å². The number of rotatable bonds is 13. The standard InChI is InChI=1S/C32H36N2O6/c1-21(11-10-18-29(35)34-30(31(36)37)22(2)39-19-23-12-4-3-5-13-23)33-32(38)40-20-28-26-16-8-6-14-24(26)25-15-7-9-17-27(25)28/h3-9,12-17,21-22,28,30H,10-11,18-20H2,1-2H3,(H,33,38)(H,34,35)(H,36,37). The van der Waals surface area contributed by atoms with Crippen molar-refractivity contribution in [3.63, 3.8) is 0 Å². The quantitative estimate of drug-likeness (QED) is 0.271. The van der Waals surface area contributed by atoms with Gasteiger partial charge in [-0.2, -0.15) is 0 Å². The van der Waals surface area contributed by atoms with Crippen molar-refractivity contribution in [3.8, 4) is 11.1 Å². The number of nitrogens with one attached hydrogen (secondary N) is 2. The SMILES string of the molecule is CC(CCCC(=O)NC(C(=O)O)C(C)OCc1ccccc1)NC(=O)OCC1c2ccccc2-c2ccccc21. The highest BCUT2D eigenvalue weighted by Crippen LogP contribution is 2.44. The second-order valence-corrected chi connectivity index (χ2v) is 10.1. The number of carboxylic acids is 1. The zero-order valence-electron chi connectivity index (χ0n) is 22.8. The number of carboxylic acid groups (broad SMARTS) is 1. The number of carbonyl (C=O) groups excluding carboxylic acids is 2. The summed E-state index contributed by atoms with van der Waals surface area (Å²) in [4.78, 5) is 36.7. The summed E-state index contributed by atoms with van der Waals surface area (Å²) in [5.74, 6) is -1.55. The third-order valence-corrected chi connectivity index (χ3v) is 7.16. The number of ether oxygens (including phenoxy) is 2.